The average molecular weight is 369 g/mol. The van der Waals surface area contributed by atoms with E-state index in [0.29, 0.717) is 10.8 Å². The first-order valence-corrected chi connectivity index (χ1v) is 13.1. The third-order valence-electron chi connectivity index (χ3n) is 5.80. The number of carbonyl (C=O) groups excluding carboxylic acids is 1. The van der Waals surface area contributed by atoms with E-state index in [1.54, 1.807) is 0 Å². The third kappa shape index (κ3) is 10.4. The van der Waals surface area contributed by atoms with Crippen LogP contribution >= 0.6 is 0 Å². The molecule has 0 aromatic rings. The molecule has 0 heterocycles. The highest BCUT2D eigenvalue weighted by Crippen LogP contribution is 2.39. The standard InChI is InChI=1S/C17H34O2Si.C5H10/c1-16(2,3)20(5,6)19-13-8-7-11-17(4)12-9-10-15(18)14-17;1-3-5-4-2/h7-14H2,1-6H3;3H,1,4-5H2,2H3/t17-;/m1./s1. The summed E-state index contributed by atoms with van der Waals surface area (Å²) in [6.45, 7) is 20.4. The number of rotatable bonds is 8. The lowest BCUT2D eigenvalue weighted by Crippen LogP contribution is -2.41. The molecule has 1 aliphatic rings. The third-order valence-corrected chi connectivity index (χ3v) is 10.3. The largest absolute Gasteiger partial charge is 0.417 e. The van der Waals surface area contributed by atoms with Gasteiger partial charge in [-0.1, -0.05) is 53.5 Å². The van der Waals surface area contributed by atoms with E-state index in [2.05, 4.69) is 54.3 Å². The van der Waals surface area contributed by atoms with Crippen molar-refractivity contribution in [2.45, 2.75) is 111 Å². The number of ketones is 1. The Morgan fingerprint density at radius 1 is 1.28 bits per heavy atom. The van der Waals surface area contributed by atoms with Crippen LogP contribution in [0.4, 0.5) is 0 Å². The maximum atomic E-state index is 11.6. The fraction of sp³-hybridized carbons (Fsp3) is 0.864. The van der Waals surface area contributed by atoms with Crippen LogP contribution in [0.3, 0.4) is 0 Å². The van der Waals surface area contributed by atoms with Crippen LogP contribution in [0, 0.1) is 5.41 Å². The van der Waals surface area contributed by atoms with Gasteiger partial charge in [0.15, 0.2) is 8.32 Å². The zero-order valence-corrected chi connectivity index (χ0v) is 19.2. The van der Waals surface area contributed by atoms with Crippen LogP contribution < -0.4 is 0 Å². The molecule has 0 unspecified atom stereocenters. The maximum Gasteiger partial charge on any atom is 0.191 e. The first-order chi connectivity index (χ1) is 11.5. The molecule has 0 aliphatic heterocycles. The van der Waals surface area contributed by atoms with Gasteiger partial charge in [0.1, 0.15) is 5.78 Å². The van der Waals surface area contributed by atoms with E-state index in [0.717, 1.165) is 38.7 Å². The Hall–Kier alpha value is -0.413. The summed E-state index contributed by atoms with van der Waals surface area (Å²) in [5, 5.41) is 0.300. The van der Waals surface area contributed by atoms with E-state index < -0.39 is 8.32 Å². The van der Waals surface area contributed by atoms with E-state index >= 15 is 0 Å². The fourth-order valence-corrected chi connectivity index (χ4v) is 4.07. The number of unbranched alkanes of at least 4 members (excludes halogenated alkanes) is 2. The molecule has 3 heteroatoms. The van der Waals surface area contributed by atoms with Gasteiger partial charge < -0.3 is 4.43 Å². The number of hydrogen-bond donors (Lipinski definition) is 0. The molecule has 2 nitrogen and oxygen atoms in total. The van der Waals surface area contributed by atoms with E-state index in [1.165, 1.54) is 25.7 Å². The first-order valence-electron chi connectivity index (χ1n) is 10.2. The molecule has 1 saturated carbocycles. The summed E-state index contributed by atoms with van der Waals surface area (Å²) >= 11 is 0. The van der Waals surface area contributed by atoms with Crippen molar-refractivity contribution in [1.29, 1.82) is 0 Å². The molecule has 0 aromatic carbocycles. The molecule has 1 atom stereocenters. The van der Waals surface area contributed by atoms with E-state index in [4.69, 9.17) is 4.43 Å². The second-order valence-electron chi connectivity index (χ2n) is 9.52. The van der Waals surface area contributed by atoms with Crippen molar-refractivity contribution >= 4 is 14.1 Å². The zero-order chi connectivity index (χ0) is 19.6. The molecule has 0 saturated heterocycles. The Morgan fingerprint density at radius 3 is 2.36 bits per heavy atom. The molecule has 0 spiro atoms. The second-order valence-corrected chi connectivity index (χ2v) is 14.3. The van der Waals surface area contributed by atoms with Crippen molar-refractivity contribution in [2.75, 3.05) is 6.61 Å². The normalized spacial score (nSPS) is 21.5. The summed E-state index contributed by atoms with van der Waals surface area (Å²) in [4.78, 5) is 11.6. The lowest BCUT2D eigenvalue weighted by molar-refractivity contribution is -0.123. The molecule has 25 heavy (non-hydrogen) atoms. The minimum atomic E-state index is -1.58. The Bertz CT molecular complexity index is 395. The zero-order valence-electron chi connectivity index (χ0n) is 18.2. The van der Waals surface area contributed by atoms with Gasteiger partial charge in [-0.3, -0.25) is 4.79 Å². The van der Waals surface area contributed by atoms with Crippen LogP contribution in [0.25, 0.3) is 0 Å². The number of carbonyl (C=O) groups is 1. The minimum absolute atomic E-state index is 0.270. The summed E-state index contributed by atoms with van der Waals surface area (Å²) in [6, 6.07) is 0. The Balaban J connectivity index is 0.00000101. The van der Waals surface area contributed by atoms with Crippen LogP contribution in [0.15, 0.2) is 12.7 Å². The molecular formula is C22H44O2Si. The van der Waals surface area contributed by atoms with Crippen molar-refractivity contribution in [1.82, 2.24) is 0 Å². The number of hydrogen-bond acceptors (Lipinski definition) is 2. The van der Waals surface area contributed by atoms with Gasteiger partial charge in [-0.15, -0.1) is 6.58 Å². The van der Waals surface area contributed by atoms with Crippen molar-refractivity contribution in [3.8, 4) is 0 Å². The monoisotopic (exact) mass is 368 g/mol. The topological polar surface area (TPSA) is 26.3 Å². The maximum absolute atomic E-state index is 11.6. The van der Waals surface area contributed by atoms with Crippen molar-refractivity contribution < 1.29 is 9.22 Å². The minimum Gasteiger partial charge on any atom is -0.417 e. The molecule has 0 bridgehead atoms. The molecule has 1 aliphatic carbocycles. The second kappa shape index (κ2) is 11.3. The first kappa shape index (κ1) is 24.6. The molecule has 0 amide bonds. The molecule has 0 aromatic heterocycles. The van der Waals surface area contributed by atoms with Crippen LogP contribution in [-0.2, 0) is 9.22 Å². The lowest BCUT2D eigenvalue weighted by atomic mass is 9.72. The summed E-state index contributed by atoms with van der Waals surface area (Å²) in [6.07, 6.45) is 11.7. The molecule has 1 fully saturated rings. The van der Waals surface area contributed by atoms with Gasteiger partial charge in [0.25, 0.3) is 0 Å². The fourth-order valence-electron chi connectivity index (χ4n) is 2.98. The Labute approximate surface area is 158 Å². The highest BCUT2D eigenvalue weighted by Gasteiger charge is 2.37. The predicted octanol–water partition coefficient (Wildman–Crippen LogP) is 7.30. The predicted molar refractivity (Wildman–Crippen MR) is 114 cm³/mol. The molecule has 1 rings (SSSR count). The smallest absolute Gasteiger partial charge is 0.191 e. The lowest BCUT2D eigenvalue weighted by Gasteiger charge is -2.36. The summed E-state index contributed by atoms with van der Waals surface area (Å²) < 4.78 is 6.21. The van der Waals surface area contributed by atoms with Crippen molar-refractivity contribution in [3.05, 3.63) is 12.7 Å². The van der Waals surface area contributed by atoms with Crippen LogP contribution in [0.5, 0.6) is 0 Å². The highest BCUT2D eigenvalue weighted by atomic mass is 28.4. The van der Waals surface area contributed by atoms with Gasteiger partial charge in [0, 0.05) is 19.4 Å². The van der Waals surface area contributed by atoms with E-state index in [-0.39, 0.29) is 5.41 Å². The van der Waals surface area contributed by atoms with Gasteiger partial charge in [-0.05, 0) is 55.7 Å². The number of Topliss-reactive ketones (excluding diaryl/α,β-unsaturated/α-hetero) is 1. The summed E-state index contributed by atoms with van der Waals surface area (Å²) in [5.74, 6) is 0.469. The average Bonchev–Trinajstić information content (AvgIpc) is 2.46. The van der Waals surface area contributed by atoms with Gasteiger partial charge in [0.2, 0.25) is 0 Å². The van der Waals surface area contributed by atoms with Crippen LogP contribution in [0.1, 0.15) is 92.4 Å². The number of allylic oxidation sites excluding steroid dienone is 1. The van der Waals surface area contributed by atoms with Gasteiger partial charge >= 0.3 is 0 Å². The van der Waals surface area contributed by atoms with Crippen LogP contribution in [0.2, 0.25) is 18.1 Å². The molecule has 0 radical (unpaired) electrons. The van der Waals surface area contributed by atoms with E-state index in [9.17, 15) is 4.79 Å². The SMILES string of the molecule is C=CCCC.CC(C)(C)[Si](C)(C)OCCCC[C@]1(C)CCCC(=O)C1. The molecule has 148 valence electrons. The highest BCUT2D eigenvalue weighted by molar-refractivity contribution is 6.74. The van der Waals surface area contributed by atoms with Gasteiger partial charge in [0.05, 0.1) is 0 Å². The summed E-state index contributed by atoms with van der Waals surface area (Å²) in [7, 11) is -1.58. The quantitative estimate of drug-likeness (QED) is 0.255. The van der Waals surface area contributed by atoms with Gasteiger partial charge in [-0.25, -0.2) is 0 Å². The van der Waals surface area contributed by atoms with Crippen molar-refractivity contribution in [2.24, 2.45) is 5.41 Å². The molecule has 0 N–H and O–H groups in total. The molecular weight excluding hydrogens is 324 g/mol. The van der Waals surface area contributed by atoms with Gasteiger partial charge in [-0.2, -0.15) is 0 Å². The van der Waals surface area contributed by atoms with Crippen LogP contribution in [-0.4, -0.2) is 20.7 Å². The van der Waals surface area contributed by atoms with E-state index in [1.807, 2.05) is 6.08 Å². The van der Waals surface area contributed by atoms with Crippen molar-refractivity contribution in [3.63, 3.8) is 0 Å². The Kier molecular flexibility index (Phi) is 11.1. The Morgan fingerprint density at radius 2 is 1.92 bits per heavy atom. The summed E-state index contributed by atoms with van der Waals surface area (Å²) in [5.41, 5.74) is 0.270.